The van der Waals surface area contributed by atoms with E-state index in [0.717, 1.165) is 37.7 Å². The summed E-state index contributed by atoms with van der Waals surface area (Å²) < 4.78 is 0. The summed E-state index contributed by atoms with van der Waals surface area (Å²) in [6.45, 7) is 4.10. The lowest BCUT2D eigenvalue weighted by Crippen LogP contribution is -2.58. The molecule has 1 aromatic rings. The zero-order valence-electron chi connectivity index (χ0n) is 16.6. The van der Waals surface area contributed by atoms with E-state index in [4.69, 9.17) is 5.73 Å². The van der Waals surface area contributed by atoms with Crippen LogP contribution in [0.15, 0.2) is 30.3 Å². The van der Waals surface area contributed by atoms with E-state index in [0.29, 0.717) is 19.4 Å². The lowest BCUT2D eigenvalue weighted by Gasteiger charge is -2.28. The Bertz CT molecular complexity index is 604. The van der Waals surface area contributed by atoms with Crippen LogP contribution in [0, 0.1) is 0 Å². The number of nitrogens with one attached hydrogen (secondary N) is 2. The maximum Gasteiger partial charge on any atom is 0.246 e. The van der Waals surface area contributed by atoms with Crippen molar-refractivity contribution in [2.75, 3.05) is 6.54 Å². The summed E-state index contributed by atoms with van der Waals surface area (Å²) in [5.74, 6) is -1.25. The maximum atomic E-state index is 12.6. The minimum absolute atomic E-state index is 0.228. The number of nitrogens with two attached hydrogens (primary N) is 1. The number of carbonyl (C=O) groups excluding carboxylic acids is 3. The topological polar surface area (TPSA) is 101 Å². The number of hydrogen-bond donors (Lipinski definition) is 3. The second-order valence-corrected chi connectivity index (χ2v) is 7.18. The van der Waals surface area contributed by atoms with Crippen LogP contribution in [-0.4, -0.2) is 29.8 Å². The zero-order valence-corrected chi connectivity index (χ0v) is 16.6. The predicted molar refractivity (Wildman–Crippen MR) is 107 cm³/mol. The van der Waals surface area contributed by atoms with Crippen molar-refractivity contribution in [3.8, 4) is 0 Å². The average Bonchev–Trinajstić information content (AvgIpc) is 2.61. The first kappa shape index (κ1) is 22.7. The first-order chi connectivity index (χ1) is 12.9. The molecule has 1 rings (SSSR count). The Morgan fingerprint density at radius 1 is 1.04 bits per heavy atom. The number of benzene rings is 1. The van der Waals surface area contributed by atoms with Crippen molar-refractivity contribution in [3.05, 3.63) is 35.9 Å². The van der Waals surface area contributed by atoms with Crippen molar-refractivity contribution in [2.45, 2.75) is 70.8 Å². The van der Waals surface area contributed by atoms with E-state index in [9.17, 15) is 14.4 Å². The number of hydrogen-bond acceptors (Lipinski definition) is 3. The molecule has 3 amide bonds. The molecule has 150 valence electrons. The molecular weight excluding hydrogens is 342 g/mol. The van der Waals surface area contributed by atoms with Crippen molar-refractivity contribution < 1.29 is 14.4 Å². The number of amides is 3. The third-order valence-electron chi connectivity index (χ3n) is 4.49. The minimum Gasteiger partial charge on any atom is -0.370 e. The van der Waals surface area contributed by atoms with Gasteiger partial charge in [0.15, 0.2) is 0 Å². The summed E-state index contributed by atoms with van der Waals surface area (Å²) in [7, 11) is 0. The molecule has 0 aliphatic rings. The number of unbranched alkanes of at least 4 members (excludes halogenated alkanes) is 4. The Kier molecular flexibility index (Phi) is 10.2. The number of carbonyl (C=O) groups is 3. The fourth-order valence-electron chi connectivity index (χ4n) is 2.95. The summed E-state index contributed by atoms with van der Waals surface area (Å²) in [6.07, 6.45) is 5.94. The fraction of sp³-hybridized carbons (Fsp3) is 0.571. The zero-order chi connectivity index (χ0) is 20.1. The summed E-state index contributed by atoms with van der Waals surface area (Å²) in [6, 6.07) is 9.78. The number of rotatable bonds is 13. The van der Waals surface area contributed by atoms with Gasteiger partial charge in [-0.3, -0.25) is 14.4 Å². The summed E-state index contributed by atoms with van der Waals surface area (Å²) in [4.78, 5) is 36.3. The Hall–Kier alpha value is -2.37. The molecule has 0 saturated carbocycles. The van der Waals surface area contributed by atoms with Crippen LogP contribution in [0.2, 0.25) is 0 Å². The Balaban J connectivity index is 2.53. The molecule has 0 spiro atoms. The monoisotopic (exact) mass is 375 g/mol. The van der Waals surface area contributed by atoms with E-state index >= 15 is 0 Å². The van der Waals surface area contributed by atoms with Gasteiger partial charge in [0.2, 0.25) is 17.7 Å². The van der Waals surface area contributed by atoms with E-state index in [-0.39, 0.29) is 12.3 Å². The average molecular weight is 376 g/mol. The predicted octanol–water partition coefficient (Wildman–Crippen LogP) is 2.46. The molecular formula is C21H33N3O3. The molecule has 0 fully saturated rings. The Labute approximate surface area is 162 Å². The molecule has 6 nitrogen and oxygen atoms in total. The Morgan fingerprint density at radius 3 is 2.33 bits per heavy atom. The van der Waals surface area contributed by atoms with Crippen LogP contribution in [0.1, 0.15) is 64.4 Å². The highest BCUT2D eigenvalue weighted by molar-refractivity contribution is 5.95. The van der Waals surface area contributed by atoms with Gasteiger partial charge in [0.25, 0.3) is 0 Å². The summed E-state index contributed by atoms with van der Waals surface area (Å²) >= 11 is 0. The molecule has 27 heavy (non-hydrogen) atoms. The highest BCUT2D eigenvalue weighted by Crippen LogP contribution is 2.12. The van der Waals surface area contributed by atoms with Gasteiger partial charge in [0.05, 0.1) is 6.42 Å². The van der Waals surface area contributed by atoms with Crippen LogP contribution < -0.4 is 16.4 Å². The van der Waals surface area contributed by atoms with Gasteiger partial charge in [0.1, 0.15) is 5.54 Å². The molecule has 1 atom stereocenters. The molecule has 4 N–H and O–H groups in total. The van der Waals surface area contributed by atoms with Gasteiger partial charge in [0, 0.05) is 13.0 Å². The van der Waals surface area contributed by atoms with Gasteiger partial charge < -0.3 is 16.4 Å². The van der Waals surface area contributed by atoms with Crippen molar-refractivity contribution in [2.24, 2.45) is 5.73 Å². The van der Waals surface area contributed by atoms with Gasteiger partial charge in [-0.05, 0) is 25.3 Å². The van der Waals surface area contributed by atoms with Crippen molar-refractivity contribution in [1.29, 1.82) is 0 Å². The van der Waals surface area contributed by atoms with Gasteiger partial charge in [-0.2, -0.15) is 0 Å². The van der Waals surface area contributed by atoms with Crippen LogP contribution in [0.4, 0.5) is 0 Å². The quantitative estimate of drug-likeness (QED) is 0.462. The SMILES string of the molecule is CCCCCCCC(=O)N[C@](C)(CC(N)=O)C(=O)NCCc1ccccc1. The van der Waals surface area contributed by atoms with Gasteiger partial charge in [-0.1, -0.05) is 62.9 Å². The largest absolute Gasteiger partial charge is 0.370 e. The normalized spacial score (nSPS) is 12.8. The molecule has 0 aliphatic heterocycles. The van der Waals surface area contributed by atoms with E-state index in [1.807, 2.05) is 30.3 Å². The van der Waals surface area contributed by atoms with Crippen LogP contribution in [0.3, 0.4) is 0 Å². The molecule has 0 aromatic heterocycles. The first-order valence-corrected chi connectivity index (χ1v) is 9.79. The van der Waals surface area contributed by atoms with Crippen LogP contribution in [-0.2, 0) is 20.8 Å². The summed E-state index contributed by atoms with van der Waals surface area (Å²) in [5, 5.41) is 5.52. The van der Waals surface area contributed by atoms with E-state index in [1.165, 1.54) is 0 Å². The third-order valence-corrected chi connectivity index (χ3v) is 4.49. The van der Waals surface area contributed by atoms with E-state index in [2.05, 4.69) is 17.6 Å². The lowest BCUT2D eigenvalue weighted by molar-refractivity contribution is -0.135. The lowest BCUT2D eigenvalue weighted by atomic mass is 9.95. The Morgan fingerprint density at radius 2 is 1.70 bits per heavy atom. The standard InChI is InChI=1S/C21H33N3O3/c1-3-4-5-6-10-13-19(26)24-21(2,16-18(22)25)20(27)23-15-14-17-11-8-7-9-12-17/h7-9,11-12H,3-6,10,13-16H2,1-2H3,(H2,22,25)(H,23,27)(H,24,26)/t21-/m1/s1. The maximum absolute atomic E-state index is 12.6. The van der Waals surface area contributed by atoms with Gasteiger partial charge in [-0.15, -0.1) is 0 Å². The molecule has 0 bridgehead atoms. The molecule has 0 heterocycles. The minimum atomic E-state index is -1.33. The molecule has 0 aliphatic carbocycles. The van der Waals surface area contributed by atoms with Crippen molar-refractivity contribution in [1.82, 2.24) is 10.6 Å². The second-order valence-electron chi connectivity index (χ2n) is 7.18. The van der Waals surface area contributed by atoms with Crippen LogP contribution in [0.5, 0.6) is 0 Å². The molecule has 1 aromatic carbocycles. The highest BCUT2D eigenvalue weighted by atomic mass is 16.2. The highest BCUT2D eigenvalue weighted by Gasteiger charge is 2.36. The van der Waals surface area contributed by atoms with E-state index < -0.39 is 17.4 Å². The number of primary amides is 1. The molecule has 0 radical (unpaired) electrons. The van der Waals surface area contributed by atoms with Gasteiger partial charge in [-0.25, -0.2) is 0 Å². The molecule has 0 unspecified atom stereocenters. The van der Waals surface area contributed by atoms with Gasteiger partial charge >= 0.3 is 0 Å². The summed E-state index contributed by atoms with van der Waals surface area (Å²) in [5.41, 5.74) is 5.07. The molecule has 0 saturated heterocycles. The van der Waals surface area contributed by atoms with E-state index in [1.54, 1.807) is 6.92 Å². The smallest absolute Gasteiger partial charge is 0.246 e. The second kappa shape index (κ2) is 12.1. The van der Waals surface area contributed by atoms with Crippen molar-refractivity contribution >= 4 is 17.7 Å². The first-order valence-electron chi connectivity index (χ1n) is 9.79. The van der Waals surface area contributed by atoms with Crippen LogP contribution in [0.25, 0.3) is 0 Å². The molecule has 6 heteroatoms. The van der Waals surface area contributed by atoms with Crippen LogP contribution >= 0.6 is 0 Å². The van der Waals surface area contributed by atoms with Crippen molar-refractivity contribution in [3.63, 3.8) is 0 Å². The third kappa shape index (κ3) is 9.22. The fourth-order valence-corrected chi connectivity index (χ4v) is 2.95.